The van der Waals surface area contributed by atoms with E-state index in [1.54, 1.807) is 25.2 Å². The van der Waals surface area contributed by atoms with Crippen LogP contribution in [0.5, 0.6) is 5.75 Å². The van der Waals surface area contributed by atoms with Crippen molar-refractivity contribution in [3.63, 3.8) is 0 Å². The van der Waals surface area contributed by atoms with Crippen LogP contribution in [0.4, 0.5) is 5.69 Å². The fourth-order valence-electron chi connectivity index (χ4n) is 3.52. The van der Waals surface area contributed by atoms with Gasteiger partial charge in [0.15, 0.2) is 6.10 Å². The second-order valence-electron chi connectivity index (χ2n) is 7.89. The second-order valence-corrected chi connectivity index (χ2v) is 8.74. The van der Waals surface area contributed by atoms with E-state index in [1.807, 2.05) is 67.8 Å². The molecule has 2 aromatic carbocycles. The molecule has 3 unspecified atom stereocenters. The molecular formula is C25H26N2O4S. The lowest BCUT2D eigenvalue weighted by molar-refractivity contribution is -0.151. The molecule has 3 aromatic rings. The molecule has 4 rings (SSSR count). The molecule has 1 aliphatic rings. The third kappa shape index (κ3) is 4.25. The minimum Gasteiger partial charge on any atom is -0.479 e. The number of fused-ring (bicyclic) bond motifs is 1. The average molecular weight is 451 g/mol. The summed E-state index contributed by atoms with van der Waals surface area (Å²) < 4.78 is 11.3. The number of rotatable bonds is 6. The first kappa shape index (κ1) is 22.0. The van der Waals surface area contributed by atoms with E-state index < -0.39 is 18.1 Å². The first-order valence-corrected chi connectivity index (χ1v) is 11.6. The Hall–Kier alpha value is -3.19. The summed E-state index contributed by atoms with van der Waals surface area (Å²) in [6.07, 6.45) is -0.188. The lowest BCUT2D eigenvalue weighted by Crippen LogP contribution is -2.52. The predicted molar refractivity (Wildman–Crippen MR) is 126 cm³/mol. The van der Waals surface area contributed by atoms with Crippen LogP contribution < -0.4 is 9.64 Å². The molecule has 1 aliphatic heterocycles. The molecule has 2 heterocycles. The number of aromatic nitrogens is 1. The van der Waals surface area contributed by atoms with Crippen molar-refractivity contribution < 1.29 is 19.1 Å². The molecule has 0 saturated heterocycles. The van der Waals surface area contributed by atoms with Crippen molar-refractivity contribution in [1.82, 2.24) is 4.98 Å². The minimum atomic E-state index is -0.771. The maximum absolute atomic E-state index is 13.0. The molecule has 166 valence electrons. The third-order valence-electron chi connectivity index (χ3n) is 5.55. The Bertz CT molecular complexity index is 1130. The first-order valence-electron chi connectivity index (χ1n) is 10.7. The van der Waals surface area contributed by atoms with Crippen LogP contribution in [0.25, 0.3) is 21.8 Å². The molecule has 6 nitrogen and oxygen atoms in total. The standard InChI is InChI=1S/C25H26N2O4S/c1-5-15(2)30-25(29)16(3)27-21-13-19(11-12-22(21)31-17(4)24(27)28)20-14-32-23(26-20)18-9-7-6-8-10-18/h6-17H,5H2,1-4H3. The molecule has 3 atom stereocenters. The zero-order valence-electron chi connectivity index (χ0n) is 18.6. The SMILES string of the molecule is CCC(C)OC(=O)C(C)N1C(=O)C(C)Oc2ccc(-c3csc(-c4ccccc4)n3)cc21. The Balaban J connectivity index is 1.69. The molecule has 0 spiro atoms. The number of hydrogen-bond donors (Lipinski definition) is 0. The van der Waals surface area contributed by atoms with Crippen LogP contribution in [0.2, 0.25) is 0 Å². The normalized spacial score (nSPS) is 17.3. The van der Waals surface area contributed by atoms with Crippen molar-refractivity contribution in [3.8, 4) is 27.6 Å². The molecule has 7 heteroatoms. The number of esters is 1. The van der Waals surface area contributed by atoms with Gasteiger partial charge >= 0.3 is 5.97 Å². The van der Waals surface area contributed by atoms with Gasteiger partial charge in [-0.15, -0.1) is 11.3 Å². The number of carbonyl (C=O) groups is 2. The third-order valence-corrected chi connectivity index (χ3v) is 6.44. The van der Waals surface area contributed by atoms with Gasteiger partial charge in [-0.05, 0) is 45.4 Å². The van der Waals surface area contributed by atoms with Gasteiger partial charge in [-0.2, -0.15) is 0 Å². The summed E-state index contributed by atoms with van der Waals surface area (Å²) in [5, 5.41) is 2.91. The molecule has 0 saturated carbocycles. The summed E-state index contributed by atoms with van der Waals surface area (Å²) in [6, 6.07) is 14.8. The number of nitrogens with zero attached hydrogens (tertiary/aromatic N) is 2. The first-order chi connectivity index (χ1) is 15.4. The van der Waals surface area contributed by atoms with E-state index in [4.69, 9.17) is 14.5 Å². The van der Waals surface area contributed by atoms with Crippen molar-refractivity contribution in [2.24, 2.45) is 0 Å². The zero-order valence-corrected chi connectivity index (χ0v) is 19.4. The quantitative estimate of drug-likeness (QED) is 0.475. The van der Waals surface area contributed by atoms with Crippen molar-refractivity contribution in [2.75, 3.05) is 4.90 Å². The Kier molecular flexibility index (Phi) is 6.28. The van der Waals surface area contributed by atoms with Gasteiger partial charge in [0.05, 0.1) is 17.5 Å². The highest BCUT2D eigenvalue weighted by Gasteiger charge is 2.38. The second kappa shape index (κ2) is 9.12. The summed E-state index contributed by atoms with van der Waals surface area (Å²) >= 11 is 1.56. The molecule has 1 aromatic heterocycles. The van der Waals surface area contributed by atoms with E-state index in [0.717, 1.165) is 21.8 Å². The minimum absolute atomic E-state index is 0.212. The van der Waals surface area contributed by atoms with Gasteiger partial charge in [-0.25, -0.2) is 9.78 Å². The van der Waals surface area contributed by atoms with Crippen LogP contribution in [0.1, 0.15) is 34.1 Å². The van der Waals surface area contributed by atoms with Gasteiger partial charge in [0.2, 0.25) is 0 Å². The highest BCUT2D eigenvalue weighted by Crippen LogP contribution is 2.39. The molecule has 0 fully saturated rings. The monoisotopic (exact) mass is 450 g/mol. The highest BCUT2D eigenvalue weighted by atomic mass is 32.1. The average Bonchev–Trinajstić information content (AvgIpc) is 3.30. The van der Waals surface area contributed by atoms with Gasteiger partial charge in [-0.3, -0.25) is 9.69 Å². The number of hydrogen-bond acceptors (Lipinski definition) is 6. The summed E-state index contributed by atoms with van der Waals surface area (Å²) in [5.41, 5.74) is 3.25. The van der Waals surface area contributed by atoms with Crippen LogP contribution in [-0.2, 0) is 14.3 Å². The lowest BCUT2D eigenvalue weighted by atomic mass is 10.1. The van der Waals surface area contributed by atoms with Gasteiger partial charge in [0.25, 0.3) is 5.91 Å². The van der Waals surface area contributed by atoms with E-state index in [0.29, 0.717) is 17.9 Å². The number of ether oxygens (including phenoxy) is 2. The highest BCUT2D eigenvalue weighted by molar-refractivity contribution is 7.13. The molecular weight excluding hydrogens is 424 g/mol. The molecule has 0 aliphatic carbocycles. The predicted octanol–water partition coefficient (Wildman–Crippen LogP) is 5.32. The maximum atomic E-state index is 13.0. The Morgan fingerprint density at radius 3 is 2.66 bits per heavy atom. The fourth-order valence-corrected chi connectivity index (χ4v) is 4.36. The van der Waals surface area contributed by atoms with Crippen LogP contribution in [0.3, 0.4) is 0 Å². The number of carbonyl (C=O) groups excluding carboxylic acids is 2. The summed E-state index contributed by atoms with van der Waals surface area (Å²) in [4.78, 5) is 32.0. The zero-order chi connectivity index (χ0) is 22.8. The molecule has 0 N–H and O–H groups in total. The van der Waals surface area contributed by atoms with Crippen molar-refractivity contribution in [2.45, 2.75) is 52.4 Å². The topological polar surface area (TPSA) is 68.7 Å². The smallest absolute Gasteiger partial charge is 0.329 e. The Labute approximate surface area is 191 Å². The summed E-state index contributed by atoms with van der Waals surface area (Å²) in [6.45, 7) is 7.16. The van der Waals surface area contributed by atoms with Crippen LogP contribution in [0.15, 0.2) is 53.9 Å². The molecule has 1 amide bonds. The van der Waals surface area contributed by atoms with Crippen molar-refractivity contribution in [1.29, 1.82) is 0 Å². The number of amides is 1. The van der Waals surface area contributed by atoms with Gasteiger partial charge in [-0.1, -0.05) is 37.3 Å². The van der Waals surface area contributed by atoms with E-state index in [-0.39, 0.29) is 12.0 Å². The Morgan fingerprint density at radius 2 is 1.94 bits per heavy atom. The Morgan fingerprint density at radius 1 is 1.19 bits per heavy atom. The van der Waals surface area contributed by atoms with E-state index in [9.17, 15) is 9.59 Å². The van der Waals surface area contributed by atoms with Gasteiger partial charge in [0, 0.05) is 16.5 Å². The fraction of sp³-hybridized carbons (Fsp3) is 0.320. The van der Waals surface area contributed by atoms with Gasteiger partial charge in [0.1, 0.15) is 16.8 Å². The van der Waals surface area contributed by atoms with Crippen LogP contribution in [-0.4, -0.2) is 35.1 Å². The van der Waals surface area contributed by atoms with E-state index in [1.165, 1.54) is 4.90 Å². The molecule has 0 bridgehead atoms. The molecule has 32 heavy (non-hydrogen) atoms. The molecule has 0 radical (unpaired) electrons. The van der Waals surface area contributed by atoms with Crippen LogP contribution in [0, 0.1) is 0 Å². The lowest BCUT2D eigenvalue weighted by Gasteiger charge is -2.36. The summed E-state index contributed by atoms with van der Waals surface area (Å²) in [7, 11) is 0. The van der Waals surface area contributed by atoms with Crippen LogP contribution >= 0.6 is 11.3 Å². The van der Waals surface area contributed by atoms with Gasteiger partial charge < -0.3 is 9.47 Å². The number of thiazole rings is 1. The number of anilines is 1. The largest absolute Gasteiger partial charge is 0.479 e. The number of benzene rings is 2. The summed E-state index contributed by atoms with van der Waals surface area (Å²) in [5.74, 6) is -0.146. The van der Waals surface area contributed by atoms with Crippen molar-refractivity contribution in [3.05, 3.63) is 53.9 Å². The van der Waals surface area contributed by atoms with E-state index >= 15 is 0 Å². The maximum Gasteiger partial charge on any atom is 0.329 e. The van der Waals surface area contributed by atoms with E-state index in [2.05, 4.69) is 0 Å². The van der Waals surface area contributed by atoms with Crippen molar-refractivity contribution >= 4 is 28.9 Å².